The van der Waals surface area contributed by atoms with Gasteiger partial charge in [0.2, 0.25) is 5.91 Å². The third-order valence-corrected chi connectivity index (χ3v) is 4.56. The number of carbonyl (C=O) groups excluding carboxylic acids is 1. The van der Waals surface area contributed by atoms with Crippen molar-refractivity contribution in [3.8, 4) is 0 Å². The molecule has 138 valence electrons. The van der Waals surface area contributed by atoms with Gasteiger partial charge in [0, 0.05) is 32.7 Å². The smallest absolute Gasteiger partial charge is 0.307 e. The second kappa shape index (κ2) is 7.61. The number of aromatic nitrogens is 2. The van der Waals surface area contributed by atoms with Crippen molar-refractivity contribution in [1.82, 2.24) is 19.6 Å². The molecule has 0 saturated carbocycles. The van der Waals surface area contributed by atoms with Crippen LogP contribution in [0.4, 0.5) is 10.1 Å². The number of piperazine rings is 1. The van der Waals surface area contributed by atoms with Crippen molar-refractivity contribution in [2.24, 2.45) is 0 Å². The number of carbonyl (C=O) groups is 1. The third kappa shape index (κ3) is 4.05. The lowest BCUT2D eigenvalue weighted by atomic mass is 10.2. The number of amides is 1. The molecule has 1 fully saturated rings. The topological polar surface area (TPSA) is 84.5 Å². The van der Waals surface area contributed by atoms with Crippen molar-refractivity contribution in [3.05, 3.63) is 58.2 Å². The highest BCUT2D eigenvalue weighted by Gasteiger charge is 2.27. The number of benzene rings is 1. The molecule has 0 aliphatic carbocycles. The number of rotatable bonds is 5. The fourth-order valence-electron chi connectivity index (χ4n) is 2.99. The summed E-state index contributed by atoms with van der Waals surface area (Å²) < 4.78 is 14.3. The first-order valence-corrected chi connectivity index (χ1v) is 8.38. The molecule has 1 aliphatic heterocycles. The second-order valence-electron chi connectivity index (χ2n) is 6.34. The number of hydrogen-bond acceptors (Lipinski definition) is 5. The average molecular weight is 361 g/mol. The SMILES string of the molecule is CC(C(=O)N1CCN(Cc2ccc(F)cc2)CC1)n1cc([N+](=O)[O-])cn1. The molecule has 1 aliphatic rings. The highest BCUT2D eigenvalue weighted by atomic mass is 19.1. The summed E-state index contributed by atoms with van der Waals surface area (Å²) in [5.74, 6) is -0.360. The minimum absolute atomic E-state index is 0.107. The Balaban J connectivity index is 1.54. The minimum Gasteiger partial charge on any atom is -0.338 e. The molecule has 1 atom stereocenters. The van der Waals surface area contributed by atoms with Crippen LogP contribution in [-0.4, -0.2) is 56.6 Å². The third-order valence-electron chi connectivity index (χ3n) is 4.56. The molecule has 1 aromatic heterocycles. The summed E-state index contributed by atoms with van der Waals surface area (Å²) in [5, 5.41) is 14.7. The van der Waals surface area contributed by atoms with E-state index in [-0.39, 0.29) is 17.4 Å². The first-order chi connectivity index (χ1) is 12.4. The van der Waals surface area contributed by atoms with Gasteiger partial charge in [-0.05, 0) is 24.6 Å². The standard InChI is InChI=1S/C17H20FN5O3/c1-13(22-12-16(10-19-22)23(25)26)17(24)21-8-6-20(7-9-21)11-14-2-4-15(18)5-3-14/h2-5,10,12-13H,6-9,11H2,1H3. The van der Waals surface area contributed by atoms with Crippen LogP contribution in [0.5, 0.6) is 0 Å². The van der Waals surface area contributed by atoms with Gasteiger partial charge in [-0.15, -0.1) is 0 Å². The van der Waals surface area contributed by atoms with Crippen LogP contribution in [0.1, 0.15) is 18.5 Å². The van der Waals surface area contributed by atoms with E-state index in [1.165, 1.54) is 23.0 Å². The van der Waals surface area contributed by atoms with Gasteiger partial charge in [0.05, 0.1) is 4.92 Å². The highest BCUT2D eigenvalue weighted by Crippen LogP contribution is 2.17. The van der Waals surface area contributed by atoms with Crippen LogP contribution in [0.15, 0.2) is 36.7 Å². The predicted molar refractivity (Wildman–Crippen MR) is 91.8 cm³/mol. The summed E-state index contributed by atoms with van der Waals surface area (Å²) in [6.07, 6.45) is 2.41. The van der Waals surface area contributed by atoms with Crippen LogP contribution >= 0.6 is 0 Å². The van der Waals surface area contributed by atoms with Gasteiger partial charge in [-0.25, -0.2) is 4.39 Å². The van der Waals surface area contributed by atoms with Crippen molar-refractivity contribution in [3.63, 3.8) is 0 Å². The maximum atomic E-state index is 13.0. The van der Waals surface area contributed by atoms with E-state index in [9.17, 15) is 19.3 Å². The normalized spacial score (nSPS) is 16.5. The van der Waals surface area contributed by atoms with Gasteiger partial charge in [-0.2, -0.15) is 5.10 Å². The Kier molecular flexibility index (Phi) is 5.27. The fourth-order valence-corrected chi connectivity index (χ4v) is 2.99. The molecular weight excluding hydrogens is 341 g/mol. The summed E-state index contributed by atoms with van der Waals surface area (Å²) in [5.41, 5.74) is 0.900. The van der Waals surface area contributed by atoms with Crippen molar-refractivity contribution in [2.75, 3.05) is 26.2 Å². The van der Waals surface area contributed by atoms with E-state index in [2.05, 4.69) is 10.00 Å². The van der Waals surface area contributed by atoms with Gasteiger partial charge < -0.3 is 4.90 Å². The maximum absolute atomic E-state index is 13.0. The van der Waals surface area contributed by atoms with E-state index in [4.69, 9.17) is 0 Å². The number of halogens is 1. The zero-order valence-electron chi connectivity index (χ0n) is 14.4. The highest BCUT2D eigenvalue weighted by molar-refractivity contribution is 5.80. The van der Waals surface area contributed by atoms with E-state index in [0.29, 0.717) is 19.6 Å². The first-order valence-electron chi connectivity index (χ1n) is 8.38. The molecule has 9 heteroatoms. The number of hydrogen-bond donors (Lipinski definition) is 0. The van der Waals surface area contributed by atoms with Crippen LogP contribution in [0.3, 0.4) is 0 Å². The molecular formula is C17H20FN5O3. The van der Waals surface area contributed by atoms with Crippen molar-refractivity contribution < 1.29 is 14.1 Å². The predicted octanol–water partition coefficient (Wildman–Crippen LogP) is 1.84. The molecule has 2 aromatic rings. The molecule has 8 nitrogen and oxygen atoms in total. The van der Waals surface area contributed by atoms with Crippen LogP contribution in [0, 0.1) is 15.9 Å². The summed E-state index contributed by atoms with van der Waals surface area (Å²) in [4.78, 5) is 26.8. The average Bonchev–Trinajstić information content (AvgIpc) is 3.13. The zero-order valence-corrected chi connectivity index (χ0v) is 14.4. The maximum Gasteiger partial charge on any atom is 0.307 e. The summed E-state index contributed by atoms with van der Waals surface area (Å²) in [6.45, 7) is 4.98. The summed E-state index contributed by atoms with van der Waals surface area (Å²) >= 11 is 0. The molecule has 26 heavy (non-hydrogen) atoms. The van der Waals surface area contributed by atoms with Crippen LogP contribution in [0.25, 0.3) is 0 Å². The van der Waals surface area contributed by atoms with E-state index in [1.807, 2.05) is 0 Å². The minimum atomic E-state index is -0.590. The molecule has 1 amide bonds. The van der Waals surface area contributed by atoms with Crippen molar-refractivity contribution >= 4 is 11.6 Å². The lowest BCUT2D eigenvalue weighted by Gasteiger charge is -2.36. The Bertz CT molecular complexity index is 784. The van der Waals surface area contributed by atoms with Gasteiger partial charge in [-0.3, -0.25) is 24.5 Å². The number of nitro groups is 1. The zero-order chi connectivity index (χ0) is 18.7. The van der Waals surface area contributed by atoms with Gasteiger partial charge in [0.25, 0.3) is 0 Å². The molecule has 1 saturated heterocycles. The lowest BCUT2D eigenvalue weighted by Crippen LogP contribution is -2.49. The monoisotopic (exact) mass is 361 g/mol. The molecule has 3 rings (SSSR count). The molecule has 1 aromatic carbocycles. The van der Waals surface area contributed by atoms with Crippen molar-refractivity contribution in [1.29, 1.82) is 0 Å². The Hall–Kier alpha value is -2.81. The van der Waals surface area contributed by atoms with Gasteiger partial charge >= 0.3 is 5.69 Å². The van der Waals surface area contributed by atoms with E-state index < -0.39 is 11.0 Å². The molecule has 0 radical (unpaired) electrons. The molecule has 0 N–H and O–H groups in total. The van der Waals surface area contributed by atoms with Crippen molar-refractivity contribution in [2.45, 2.75) is 19.5 Å². The quantitative estimate of drug-likeness (QED) is 0.599. The lowest BCUT2D eigenvalue weighted by molar-refractivity contribution is -0.385. The molecule has 1 unspecified atom stereocenters. The Labute approximate surface area is 150 Å². The van der Waals surface area contributed by atoms with Gasteiger partial charge in [0.15, 0.2) is 0 Å². The van der Waals surface area contributed by atoms with E-state index in [0.717, 1.165) is 24.8 Å². The van der Waals surface area contributed by atoms with E-state index >= 15 is 0 Å². The summed E-state index contributed by atoms with van der Waals surface area (Å²) in [6, 6.07) is 5.83. The number of nitrogens with zero attached hydrogens (tertiary/aromatic N) is 5. The van der Waals surface area contributed by atoms with E-state index in [1.54, 1.807) is 24.0 Å². The molecule has 0 bridgehead atoms. The van der Waals surface area contributed by atoms with Crippen LogP contribution in [0.2, 0.25) is 0 Å². The summed E-state index contributed by atoms with van der Waals surface area (Å²) in [7, 11) is 0. The molecule has 0 spiro atoms. The van der Waals surface area contributed by atoms with Crippen LogP contribution in [-0.2, 0) is 11.3 Å². The van der Waals surface area contributed by atoms with Crippen LogP contribution < -0.4 is 0 Å². The Morgan fingerprint density at radius 3 is 2.50 bits per heavy atom. The largest absolute Gasteiger partial charge is 0.338 e. The molecule has 2 heterocycles. The Morgan fingerprint density at radius 1 is 1.27 bits per heavy atom. The fraction of sp³-hybridized carbons (Fsp3) is 0.412. The van der Waals surface area contributed by atoms with Gasteiger partial charge in [-0.1, -0.05) is 12.1 Å². The first kappa shape index (κ1) is 18.0. The Morgan fingerprint density at radius 2 is 1.92 bits per heavy atom. The van der Waals surface area contributed by atoms with Gasteiger partial charge in [0.1, 0.15) is 24.3 Å². The second-order valence-corrected chi connectivity index (χ2v) is 6.34.